The molecule has 28 heavy (non-hydrogen) atoms. The van der Waals surface area contributed by atoms with Crippen LogP contribution in [0, 0.1) is 0 Å². The summed E-state index contributed by atoms with van der Waals surface area (Å²) in [6, 6.07) is 4.70. The molecule has 0 aromatic heterocycles. The molecule has 0 spiro atoms. The zero-order chi connectivity index (χ0) is 20.5. The second-order valence-electron chi connectivity index (χ2n) is 5.56. The SMILES string of the molecule is CCOC(=O)C1=CN(CCCC(=O)NOPI)SNC1c1ccc(Cl)cc1Cl. The third kappa shape index (κ3) is 7.19. The van der Waals surface area contributed by atoms with Crippen molar-refractivity contribution in [3.05, 3.63) is 45.6 Å². The van der Waals surface area contributed by atoms with E-state index in [1.807, 2.05) is 26.3 Å². The Balaban J connectivity index is 2.09. The lowest BCUT2D eigenvalue weighted by atomic mass is 10.00. The van der Waals surface area contributed by atoms with Gasteiger partial charge in [-0.2, -0.15) is 0 Å². The Kier molecular flexibility index (Phi) is 10.6. The first-order valence-corrected chi connectivity index (χ1v) is 13.8. The smallest absolute Gasteiger partial charge is 0.337 e. The number of hydrogen-bond acceptors (Lipinski definition) is 7. The molecule has 1 aliphatic rings. The molecule has 1 amide bonds. The molecular weight excluding hydrogens is 559 g/mol. The van der Waals surface area contributed by atoms with Crippen LogP contribution >= 0.6 is 63.8 Å². The molecular formula is C16H19Cl2IN3O4PS. The molecule has 2 unspecified atom stereocenters. The molecule has 154 valence electrons. The number of hydroxylamine groups is 1. The normalized spacial score (nSPS) is 16.9. The van der Waals surface area contributed by atoms with Crippen molar-refractivity contribution in [2.75, 3.05) is 13.2 Å². The fourth-order valence-corrected chi connectivity index (χ4v) is 4.31. The van der Waals surface area contributed by atoms with E-state index in [1.165, 1.54) is 12.1 Å². The van der Waals surface area contributed by atoms with Gasteiger partial charge in [0, 0.05) is 41.3 Å². The van der Waals surface area contributed by atoms with Crippen molar-refractivity contribution in [1.82, 2.24) is 14.5 Å². The van der Waals surface area contributed by atoms with Gasteiger partial charge < -0.3 is 9.04 Å². The van der Waals surface area contributed by atoms with E-state index in [-0.39, 0.29) is 19.0 Å². The lowest BCUT2D eigenvalue weighted by Gasteiger charge is -2.31. The Bertz CT molecular complexity index is 744. The third-order valence-electron chi connectivity index (χ3n) is 3.65. The highest BCUT2D eigenvalue weighted by atomic mass is 127. The van der Waals surface area contributed by atoms with Crippen LogP contribution in [-0.2, 0) is 19.0 Å². The number of nitrogens with one attached hydrogen (secondary N) is 2. The molecule has 2 rings (SSSR count). The Hall–Kier alpha value is -0.290. The lowest BCUT2D eigenvalue weighted by molar-refractivity contribution is -0.139. The van der Waals surface area contributed by atoms with Gasteiger partial charge in [-0.15, -0.1) is 0 Å². The van der Waals surface area contributed by atoms with Gasteiger partial charge in [-0.1, -0.05) is 29.3 Å². The number of esters is 1. The van der Waals surface area contributed by atoms with E-state index < -0.39 is 12.0 Å². The monoisotopic (exact) mass is 577 g/mol. The second-order valence-corrected chi connectivity index (χ2v) is 8.97. The highest BCUT2D eigenvalue weighted by Crippen LogP contribution is 2.36. The molecule has 0 saturated heterocycles. The average Bonchev–Trinajstić information content (AvgIpc) is 2.67. The van der Waals surface area contributed by atoms with Crippen molar-refractivity contribution in [1.29, 1.82) is 0 Å². The highest BCUT2D eigenvalue weighted by molar-refractivity contribution is 14.2. The van der Waals surface area contributed by atoms with Crippen molar-refractivity contribution >= 4 is 75.7 Å². The van der Waals surface area contributed by atoms with E-state index in [9.17, 15) is 9.59 Å². The van der Waals surface area contributed by atoms with Gasteiger partial charge in [0.05, 0.1) is 18.2 Å². The van der Waals surface area contributed by atoms with Gasteiger partial charge in [-0.3, -0.25) is 4.79 Å². The topological polar surface area (TPSA) is 79.9 Å². The van der Waals surface area contributed by atoms with Crippen LogP contribution in [0.2, 0.25) is 10.0 Å². The molecule has 1 heterocycles. The number of hydrogen-bond donors (Lipinski definition) is 2. The molecule has 12 heteroatoms. The van der Waals surface area contributed by atoms with Crippen LogP contribution in [0.25, 0.3) is 0 Å². The van der Waals surface area contributed by atoms with Gasteiger partial charge in [0.2, 0.25) is 5.91 Å². The molecule has 1 aromatic carbocycles. The van der Waals surface area contributed by atoms with Crippen LogP contribution < -0.4 is 10.2 Å². The zero-order valence-electron chi connectivity index (χ0n) is 14.8. The maximum atomic E-state index is 12.5. The summed E-state index contributed by atoms with van der Waals surface area (Å²) in [4.78, 5) is 24.1. The van der Waals surface area contributed by atoms with Gasteiger partial charge >= 0.3 is 5.97 Å². The first-order valence-electron chi connectivity index (χ1n) is 8.29. The van der Waals surface area contributed by atoms with Crippen LogP contribution in [0.1, 0.15) is 31.4 Å². The number of benzene rings is 1. The number of carbonyl (C=O) groups excluding carboxylic acids is 2. The Morgan fingerprint density at radius 2 is 2.21 bits per heavy atom. The third-order valence-corrected chi connectivity index (χ3v) is 5.92. The van der Waals surface area contributed by atoms with E-state index in [0.717, 1.165) is 5.56 Å². The van der Waals surface area contributed by atoms with Crippen molar-refractivity contribution < 1.29 is 19.0 Å². The number of rotatable bonds is 9. The zero-order valence-corrected chi connectivity index (χ0v) is 20.3. The van der Waals surface area contributed by atoms with Crippen LogP contribution in [0.5, 0.6) is 0 Å². The number of ether oxygens (including phenoxy) is 1. The summed E-state index contributed by atoms with van der Waals surface area (Å²) >= 11 is 15.7. The largest absolute Gasteiger partial charge is 0.463 e. The van der Waals surface area contributed by atoms with Crippen LogP contribution in [-0.4, -0.2) is 29.3 Å². The van der Waals surface area contributed by atoms with Gasteiger partial charge in [0.15, 0.2) is 0 Å². The van der Waals surface area contributed by atoms with Gasteiger partial charge in [-0.05, 0) is 53.1 Å². The van der Waals surface area contributed by atoms with Crippen LogP contribution in [0.15, 0.2) is 30.0 Å². The number of carbonyl (C=O) groups is 2. The predicted octanol–water partition coefficient (Wildman–Crippen LogP) is 4.72. The summed E-state index contributed by atoms with van der Waals surface area (Å²) in [6.45, 7) is 2.74. The van der Waals surface area contributed by atoms with E-state index >= 15 is 0 Å². The Labute approximate surface area is 192 Å². The predicted molar refractivity (Wildman–Crippen MR) is 122 cm³/mol. The molecule has 7 nitrogen and oxygen atoms in total. The summed E-state index contributed by atoms with van der Waals surface area (Å²) < 4.78 is 15.2. The Morgan fingerprint density at radius 1 is 1.43 bits per heavy atom. The van der Waals surface area contributed by atoms with E-state index in [4.69, 9.17) is 32.6 Å². The second kappa shape index (κ2) is 12.4. The summed E-state index contributed by atoms with van der Waals surface area (Å²) in [5, 5.41) is 0.979. The quantitative estimate of drug-likeness (QED) is 0.144. The highest BCUT2D eigenvalue weighted by Gasteiger charge is 2.30. The lowest BCUT2D eigenvalue weighted by Crippen LogP contribution is -2.33. The minimum Gasteiger partial charge on any atom is -0.463 e. The molecule has 1 aliphatic heterocycles. The first-order chi connectivity index (χ1) is 13.5. The minimum atomic E-state index is -0.439. The van der Waals surface area contributed by atoms with Crippen LogP contribution in [0.3, 0.4) is 0 Å². The number of halogens is 3. The summed E-state index contributed by atoms with van der Waals surface area (Å²) in [7, 11) is 0. The van der Waals surface area contributed by atoms with Gasteiger partial charge in [-0.25, -0.2) is 19.6 Å². The molecule has 0 aliphatic carbocycles. The van der Waals surface area contributed by atoms with E-state index in [0.29, 0.717) is 35.0 Å². The molecule has 0 bridgehead atoms. The average molecular weight is 578 g/mol. The number of nitrogens with zero attached hydrogens (tertiary/aromatic N) is 1. The van der Waals surface area contributed by atoms with E-state index in [2.05, 4.69) is 10.2 Å². The van der Waals surface area contributed by atoms with Crippen molar-refractivity contribution in [3.8, 4) is 0 Å². The molecule has 2 atom stereocenters. The first kappa shape index (κ1) is 24.0. The van der Waals surface area contributed by atoms with Gasteiger partial charge in [0.1, 0.15) is 6.45 Å². The fraction of sp³-hybridized carbons (Fsp3) is 0.375. The van der Waals surface area contributed by atoms with Crippen molar-refractivity contribution in [2.24, 2.45) is 0 Å². The van der Waals surface area contributed by atoms with Crippen LogP contribution in [0.4, 0.5) is 0 Å². The molecule has 0 saturated carbocycles. The maximum Gasteiger partial charge on any atom is 0.337 e. The molecule has 1 aromatic rings. The van der Waals surface area contributed by atoms with Crippen molar-refractivity contribution in [2.45, 2.75) is 25.8 Å². The van der Waals surface area contributed by atoms with Gasteiger partial charge in [0.25, 0.3) is 0 Å². The summed E-state index contributed by atoms with van der Waals surface area (Å²) in [5.74, 6) is -0.606. The maximum absolute atomic E-state index is 12.5. The van der Waals surface area contributed by atoms with E-state index in [1.54, 1.807) is 31.3 Å². The standard InChI is InChI=1S/C16H19Cl2IN3O4PS/c1-2-25-16(24)12-9-22(7-3-4-14(23)20-26-27-19)28-21-15(12)11-6-5-10(17)8-13(11)18/h5-6,8-9,15,21,27H,2-4,7H2,1H3,(H,20,23). The molecule has 0 radical (unpaired) electrons. The molecule has 0 fully saturated rings. The summed E-state index contributed by atoms with van der Waals surface area (Å²) in [5.41, 5.74) is 3.53. The van der Waals surface area contributed by atoms with Crippen molar-refractivity contribution in [3.63, 3.8) is 0 Å². The summed E-state index contributed by atoms with van der Waals surface area (Å²) in [6.07, 6.45) is 2.63. The Morgan fingerprint density at radius 3 is 2.89 bits per heavy atom. The fourth-order valence-electron chi connectivity index (χ4n) is 2.42. The molecule has 2 N–H and O–H groups in total. The number of amides is 1. The minimum absolute atomic E-state index is 0.168.